The molecule has 0 radical (unpaired) electrons. The third-order valence-corrected chi connectivity index (χ3v) is 3.00. The Hall–Kier alpha value is -1.91. The Morgan fingerprint density at radius 1 is 1.17 bits per heavy atom. The second-order valence-electron chi connectivity index (χ2n) is 5.67. The molecule has 5 nitrogen and oxygen atoms in total. The number of allylic oxidation sites excluding steroid dienone is 2. The van der Waals surface area contributed by atoms with Gasteiger partial charge < -0.3 is 4.74 Å². The molecule has 5 heteroatoms. The number of amides is 1. The molecule has 23 heavy (non-hydrogen) atoms. The van der Waals surface area contributed by atoms with Crippen LogP contribution in [0.3, 0.4) is 0 Å². The number of hydrogen-bond donors (Lipinski definition) is 0. The highest BCUT2D eigenvalue weighted by Gasteiger charge is 2.33. The molecule has 0 aromatic carbocycles. The van der Waals surface area contributed by atoms with Crippen LogP contribution >= 0.6 is 0 Å². The summed E-state index contributed by atoms with van der Waals surface area (Å²) in [6.45, 7) is 13.2. The molecule has 0 saturated carbocycles. The van der Waals surface area contributed by atoms with Crippen molar-refractivity contribution in [2.45, 2.75) is 54.5 Å². The molecule has 1 aliphatic carbocycles. The number of rotatable bonds is 2. The lowest BCUT2D eigenvalue weighted by Gasteiger charge is -2.30. The van der Waals surface area contributed by atoms with Crippen LogP contribution in [-0.2, 0) is 14.3 Å². The molecule has 0 fully saturated rings. The highest BCUT2D eigenvalue weighted by molar-refractivity contribution is 5.93. The van der Waals surface area contributed by atoms with Crippen molar-refractivity contribution < 1.29 is 14.3 Å². The number of hydrogen-bond acceptors (Lipinski definition) is 4. The Morgan fingerprint density at radius 2 is 1.74 bits per heavy atom. The molecular weight excluding hydrogens is 292 g/mol. The number of nitrogens with zero attached hydrogens (tertiary/aromatic N) is 2. The smallest absolute Gasteiger partial charge is 0.312 e. The maximum absolute atomic E-state index is 12.2. The van der Waals surface area contributed by atoms with E-state index in [1.165, 1.54) is 11.2 Å². The summed E-state index contributed by atoms with van der Waals surface area (Å²) in [7, 11) is 0. The Bertz CT molecular complexity index is 473. The largest absolute Gasteiger partial charge is 0.443 e. The Kier molecular flexibility index (Phi) is 9.15. The Morgan fingerprint density at radius 3 is 2.30 bits per heavy atom. The van der Waals surface area contributed by atoms with Crippen molar-refractivity contribution in [1.29, 1.82) is 0 Å². The molecule has 2 aliphatic rings. The summed E-state index contributed by atoms with van der Waals surface area (Å²) in [6.07, 6.45) is 8.86. The number of carbonyl (C=O) groups is 2. The maximum atomic E-state index is 12.2. The van der Waals surface area contributed by atoms with Gasteiger partial charge in [-0.25, -0.2) is 0 Å². The normalized spacial score (nSPS) is 21.5. The summed E-state index contributed by atoms with van der Waals surface area (Å²) >= 11 is 0. The van der Waals surface area contributed by atoms with Gasteiger partial charge in [0.05, 0.1) is 23.7 Å². The number of aliphatic imine (C=N–C) groups is 1. The summed E-state index contributed by atoms with van der Waals surface area (Å²) in [6, 6.07) is -0.132. The van der Waals surface area contributed by atoms with Crippen LogP contribution in [0.2, 0.25) is 0 Å². The van der Waals surface area contributed by atoms with Crippen LogP contribution in [0.4, 0.5) is 0 Å². The van der Waals surface area contributed by atoms with Crippen molar-refractivity contribution >= 4 is 18.2 Å². The lowest BCUT2D eigenvalue weighted by molar-refractivity contribution is -0.158. The van der Waals surface area contributed by atoms with Crippen molar-refractivity contribution in [3.8, 4) is 0 Å². The molecule has 0 bridgehead atoms. The molecule has 0 aromatic heterocycles. The molecule has 0 saturated heterocycles. The fourth-order valence-electron chi connectivity index (χ4n) is 1.81. The van der Waals surface area contributed by atoms with E-state index in [0.717, 1.165) is 0 Å². The topological polar surface area (TPSA) is 59.0 Å². The first-order chi connectivity index (χ1) is 10.9. The van der Waals surface area contributed by atoms with Gasteiger partial charge in [-0.3, -0.25) is 19.5 Å². The van der Waals surface area contributed by atoms with E-state index in [1.807, 2.05) is 52.0 Å². The van der Waals surface area contributed by atoms with E-state index in [9.17, 15) is 9.59 Å². The van der Waals surface area contributed by atoms with E-state index in [0.29, 0.717) is 0 Å². The molecule has 1 heterocycles. The van der Waals surface area contributed by atoms with Crippen LogP contribution in [-0.4, -0.2) is 35.9 Å². The molecule has 1 aliphatic heterocycles. The molecule has 2 rings (SSSR count). The van der Waals surface area contributed by atoms with Crippen molar-refractivity contribution in [1.82, 2.24) is 4.90 Å². The molecule has 0 aromatic rings. The standard InChI is InChI=1S/C14H18N2O3.2C2H6/c1-14(2,3)13(18)19-9-16-8-15-11-7-5-4-6-10(11)12(16)17;2*1-2/h4-8,10-11H,9H2,1-3H3;2*1-2H3. The van der Waals surface area contributed by atoms with Gasteiger partial charge in [-0.2, -0.15) is 0 Å². The fourth-order valence-corrected chi connectivity index (χ4v) is 1.81. The molecule has 130 valence electrons. The summed E-state index contributed by atoms with van der Waals surface area (Å²) in [5.41, 5.74) is -0.577. The lowest BCUT2D eigenvalue weighted by atomic mass is 9.93. The summed E-state index contributed by atoms with van der Waals surface area (Å²) < 4.78 is 5.13. The van der Waals surface area contributed by atoms with Crippen LogP contribution in [0.25, 0.3) is 0 Å². The minimum absolute atomic E-state index is 0.0841. The van der Waals surface area contributed by atoms with Crippen LogP contribution < -0.4 is 0 Å². The first-order valence-electron chi connectivity index (χ1n) is 8.25. The van der Waals surface area contributed by atoms with Crippen molar-refractivity contribution in [3.63, 3.8) is 0 Å². The number of esters is 1. The predicted molar refractivity (Wildman–Crippen MR) is 94.0 cm³/mol. The zero-order valence-corrected chi connectivity index (χ0v) is 15.4. The van der Waals surface area contributed by atoms with Crippen LogP contribution in [0.15, 0.2) is 29.3 Å². The van der Waals surface area contributed by atoms with Gasteiger partial charge in [-0.15, -0.1) is 0 Å². The van der Waals surface area contributed by atoms with Gasteiger partial charge in [0.1, 0.15) is 0 Å². The van der Waals surface area contributed by atoms with Gasteiger partial charge in [-0.1, -0.05) is 52.0 Å². The quantitative estimate of drug-likeness (QED) is 0.730. The zero-order chi connectivity index (χ0) is 18.0. The van der Waals surface area contributed by atoms with Crippen molar-refractivity contribution in [3.05, 3.63) is 24.3 Å². The van der Waals surface area contributed by atoms with Gasteiger partial charge in [0.25, 0.3) is 0 Å². The first-order valence-corrected chi connectivity index (χ1v) is 8.25. The monoisotopic (exact) mass is 322 g/mol. The second-order valence-corrected chi connectivity index (χ2v) is 5.67. The molecule has 1 amide bonds. The third-order valence-electron chi connectivity index (χ3n) is 3.00. The van der Waals surface area contributed by atoms with Gasteiger partial charge in [-0.05, 0) is 20.8 Å². The van der Waals surface area contributed by atoms with E-state index < -0.39 is 5.41 Å². The Balaban J connectivity index is 0.00000112. The SMILES string of the molecule is CC.CC.CC(C)(C)C(=O)OCN1C=NC2C=CC=CC2C1=O. The number of carbonyl (C=O) groups excluding carboxylic acids is 2. The van der Waals surface area contributed by atoms with Gasteiger partial charge >= 0.3 is 5.97 Å². The predicted octanol–water partition coefficient (Wildman–Crippen LogP) is 3.57. The van der Waals surface area contributed by atoms with Crippen LogP contribution in [0.5, 0.6) is 0 Å². The highest BCUT2D eigenvalue weighted by Crippen LogP contribution is 2.22. The first kappa shape index (κ1) is 21.1. The van der Waals surface area contributed by atoms with Crippen molar-refractivity contribution in [2.24, 2.45) is 16.3 Å². The summed E-state index contributed by atoms with van der Waals surface area (Å²) in [5, 5.41) is 0. The van der Waals surface area contributed by atoms with Crippen LogP contribution in [0, 0.1) is 11.3 Å². The van der Waals surface area contributed by atoms with E-state index in [1.54, 1.807) is 20.8 Å². The lowest BCUT2D eigenvalue weighted by Crippen LogP contribution is -2.45. The number of ether oxygens (including phenoxy) is 1. The van der Waals surface area contributed by atoms with E-state index >= 15 is 0 Å². The minimum atomic E-state index is -0.577. The minimum Gasteiger partial charge on any atom is -0.443 e. The molecular formula is C18H30N2O3. The summed E-state index contributed by atoms with van der Waals surface area (Å²) in [4.78, 5) is 29.5. The van der Waals surface area contributed by atoms with Gasteiger partial charge in [0.2, 0.25) is 5.91 Å². The highest BCUT2D eigenvalue weighted by atomic mass is 16.5. The third kappa shape index (κ3) is 6.00. The van der Waals surface area contributed by atoms with E-state index in [2.05, 4.69) is 4.99 Å². The molecule has 2 atom stereocenters. The van der Waals surface area contributed by atoms with Crippen LogP contribution in [0.1, 0.15) is 48.5 Å². The van der Waals surface area contributed by atoms with Gasteiger partial charge in [0.15, 0.2) is 6.73 Å². The average Bonchev–Trinajstić information content (AvgIpc) is 2.57. The maximum Gasteiger partial charge on any atom is 0.312 e. The van der Waals surface area contributed by atoms with Gasteiger partial charge in [0, 0.05) is 0 Å². The fraction of sp³-hybridized carbons (Fsp3) is 0.611. The van der Waals surface area contributed by atoms with E-state index in [4.69, 9.17) is 4.74 Å². The molecule has 0 N–H and O–H groups in total. The van der Waals surface area contributed by atoms with E-state index in [-0.39, 0.29) is 30.6 Å². The Labute approximate surface area is 140 Å². The molecule has 0 spiro atoms. The average molecular weight is 322 g/mol. The second kappa shape index (κ2) is 9.98. The molecule has 2 unspecified atom stereocenters. The summed E-state index contributed by atoms with van der Waals surface area (Å²) in [5.74, 6) is -0.722. The zero-order valence-electron chi connectivity index (χ0n) is 15.4. The van der Waals surface area contributed by atoms with Crippen molar-refractivity contribution in [2.75, 3.05) is 6.73 Å². The number of fused-ring (bicyclic) bond motifs is 1.